The number of aromatic amines is 1. The van der Waals surface area contributed by atoms with E-state index < -0.39 is 11.7 Å². The fourth-order valence-corrected chi connectivity index (χ4v) is 4.55. The maximum Gasteiger partial charge on any atom is 0.281 e. The monoisotopic (exact) mass is 547 g/mol. The van der Waals surface area contributed by atoms with Crippen molar-refractivity contribution in [2.75, 3.05) is 38.2 Å². The van der Waals surface area contributed by atoms with Gasteiger partial charge in [-0.15, -0.1) is 0 Å². The predicted molar refractivity (Wildman–Crippen MR) is 147 cm³/mol. The van der Waals surface area contributed by atoms with Gasteiger partial charge in [0.15, 0.2) is 12.0 Å². The number of hydrogen-bond donors (Lipinski definition) is 3. The van der Waals surface area contributed by atoms with Crippen molar-refractivity contribution in [3.63, 3.8) is 0 Å². The number of nitrogens with one attached hydrogen (secondary N) is 3. The second-order valence-electron chi connectivity index (χ2n) is 10.6. The quantitative estimate of drug-likeness (QED) is 0.263. The SMILES string of the molecule is CC1(C(=O)NC2CC2)COC(c2nc(-c3ccc(F)cc3)c(-c3ccnc(NCCC[N+]4=CN=CC4)n3)[nH]2)OC1. The number of carbonyl (C=O) groups excluding carboxylic acids is 1. The maximum atomic E-state index is 13.7. The third-order valence-electron chi connectivity index (χ3n) is 7.10. The number of benzene rings is 1. The number of ether oxygens (including phenoxy) is 2. The lowest BCUT2D eigenvalue weighted by Gasteiger charge is -2.35. The van der Waals surface area contributed by atoms with Crippen LogP contribution >= 0.6 is 0 Å². The zero-order valence-corrected chi connectivity index (χ0v) is 22.3. The summed E-state index contributed by atoms with van der Waals surface area (Å²) >= 11 is 0. The second kappa shape index (κ2) is 11.2. The van der Waals surface area contributed by atoms with Gasteiger partial charge in [0.25, 0.3) is 6.34 Å². The van der Waals surface area contributed by atoms with E-state index in [-0.39, 0.29) is 31.0 Å². The van der Waals surface area contributed by atoms with Gasteiger partial charge in [0, 0.05) is 30.8 Å². The van der Waals surface area contributed by atoms with Crippen LogP contribution in [0.2, 0.25) is 0 Å². The van der Waals surface area contributed by atoms with Gasteiger partial charge in [-0.1, -0.05) is 4.99 Å². The largest absolute Gasteiger partial charge is 0.354 e. The molecule has 0 bridgehead atoms. The van der Waals surface area contributed by atoms with Crippen molar-refractivity contribution in [1.29, 1.82) is 0 Å². The Bertz CT molecular complexity index is 1430. The third-order valence-corrected chi connectivity index (χ3v) is 7.10. The van der Waals surface area contributed by atoms with Gasteiger partial charge in [0.2, 0.25) is 18.1 Å². The summed E-state index contributed by atoms with van der Waals surface area (Å²) in [5.74, 6) is 0.531. The van der Waals surface area contributed by atoms with Crippen LogP contribution in [0.3, 0.4) is 0 Å². The number of aliphatic imine (C=N–C) groups is 1. The van der Waals surface area contributed by atoms with Crippen molar-refractivity contribution in [3.8, 4) is 22.6 Å². The fourth-order valence-electron chi connectivity index (χ4n) is 4.55. The highest BCUT2D eigenvalue weighted by Gasteiger charge is 2.42. The first kappa shape index (κ1) is 26.2. The van der Waals surface area contributed by atoms with E-state index in [0.717, 1.165) is 32.4 Å². The molecular weight excluding hydrogens is 515 g/mol. The molecule has 0 spiro atoms. The molecule has 12 heteroatoms. The molecule has 6 rings (SSSR count). The van der Waals surface area contributed by atoms with Crippen LogP contribution in [0, 0.1) is 11.2 Å². The normalized spacial score (nSPS) is 22.2. The van der Waals surface area contributed by atoms with Crippen molar-refractivity contribution < 1.29 is 23.2 Å². The highest BCUT2D eigenvalue weighted by molar-refractivity contribution is 5.83. The Hall–Kier alpha value is -4.03. The van der Waals surface area contributed by atoms with Gasteiger partial charge in [0.1, 0.15) is 12.4 Å². The van der Waals surface area contributed by atoms with Gasteiger partial charge in [-0.2, -0.15) is 0 Å². The molecule has 0 atom stereocenters. The Balaban J connectivity index is 1.20. The molecule has 1 saturated carbocycles. The van der Waals surface area contributed by atoms with Crippen LogP contribution in [0.25, 0.3) is 22.6 Å². The Kier molecular flexibility index (Phi) is 7.35. The molecule has 11 nitrogen and oxygen atoms in total. The van der Waals surface area contributed by atoms with E-state index in [4.69, 9.17) is 19.4 Å². The number of anilines is 1. The molecule has 2 aliphatic heterocycles. The Morgan fingerprint density at radius 1 is 1.18 bits per heavy atom. The molecule has 0 radical (unpaired) electrons. The highest BCUT2D eigenvalue weighted by atomic mass is 19.1. The van der Waals surface area contributed by atoms with Crippen LogP contribution in [0.5, 0.6) is 0 Å². The molecule has 2 fully saturated rings. The summed E-state index contributed by atoms with van der Waals surface area (Å²) in [5, 5.41) is 6.31. The van der Waals surface area contributed by atoms with Crippen LogP contribution in [0.15, 0.2) is 41.5 Å². The lowest BCUT2D eigenvalue weighted by molar-refractivity contribution is -0.504. The van der Waals surface area contributed by atoms with Gasteiger partial charge < -0.3 is 25.1 Å². The molecule has 2 aromatic heterocycles. The molecule has 1 aromatic carbocycles. The summed E-state index contributed by atoms with van der Waals surface area (Å²) in [4.78, 5) is 34.0. The van der Waals surface area contributed by atoms with Gasteiger partial charge >= 0.3 is 0 Å². The average Bonchev–Trinajstić information content (AvgIpc) is 3.43. The van der Waals surface area contributed by atoms with Gasteiger partial charge in [-0.05, 0) is 50.1 Å². The Morgan fingerprint density at radius 2 is 1.98 bits per heavy atom. The first-order valence-electron chi connectivity index (χ1n) is 13.5. The highest BCUT2D eigenvalue weighted by Crippen LogP contribution is 2.36. The number of nitrogens with zero attached hydrogens (tertiary/aromatic N) is 5. The number of H-pyrrole nitrogens is 1. The average molecular weight is 548 g/mol. The van der Waals surface area contributed by atoms with E-state index in [1.807, 2.05) is 19.5 Å². The van der Waals surface area contributed by atoms with E-state index in [9.17, 15) is 9.18 Å². The fraction of sp³-hybridized carbons (Fsp3) is 0.429. The zero-order chi connectivity index (χ0) is 27.5. The van der Waals surface area contributed by atoms with Crippen LogP contribution in [-0.2, 0) is 14.3 Å². The summed E-state index contributed by atoms with van der Waals surface area (Å²) in [6, 6.07) is 8.16. The van der Waals surface area contributed by atoms with Crippen LogP contribution < -0.4 is 10.6 Å². The van der Waals surface area contributed by atoms with Crippen molar-refractivity contribution in [1.82, 2.24) is 25.3 Å². The van der Waals surface area contributed by atoms with E-state index in [1.165, 1.54) is 12.1 Å². The minimum absolute atomic E-state index is 0.0616. The zero-order valence-electron chi connectivity index (χ0n) is 22.3. The number of aromatic nitrogens is 4. The lowest BCUT2D eigenvalue weighted by atomic mass is 9.91. The molecule has 40 heavy (non-hydrogen) atoms. The summed E-state index contributed by atoms with van der Waals surface area (Å²) in [6.45, 7) is 4.65. The van der Waals surface area contributed by atoms with E-state index in [1.54, 1.807) is 24.4 Å². The minimum atomic E-state index is -0.791. The minimum Gasteiger partial charge on any atom is -0.354 e. The molecule has 208 valence electrons. The van der Waals surface area contributed by atoms with Crippen molar-refractivity contribution >= 4 is 24.4 Å². The molecule has 3 N–H and O–H groups in total. The molecule has 4 heterocycles. The van der Waals surface area contributed by atoms with Gasteiger partial charge in [-0.25, -0.2) is 19.3 Å². The number of carbonyl (C=O) groups is 1. The predicted octanol–water partition coefficient (Wildman–Crippen LogP) is 2.93. The molecule has 1 saturated heterocycles. The molecule has 1 amide bonds. The van der Waals surface area contributed by atoms with Crippen LogP contribution in [-0.4, -0.2) is 81.9 Å². The van der Waals surface area contributed by atoms with E-state index in [0.29, 0.717) is 41.0 Å². The van der Waals surface area contributed by atoms with Crippen LogP contribution in [0.1, 0.15) is 38.3 Å². The summed E-state index contributed by atoms with van der Waals surface area (Å²) in [7, 11) is 0. The van der Waals surface area contributed by atoms with Crippen molar-refractivity contribution in [2.24, 2.45) is 10.4 Å². The number of rotatable bonds is 10. The number of imidazole rings is 1. The van der Waals surface area contributed by atoms with Gasteiger partial charge in [-0.3, -0.25) is 9.37 Å². The summed E-state index contributed by atoms with van der Waals surface area (Å²) < 4.78 is 27.8. The molecule has 1 aliphatic carbocycles. The second-order valence-corrected chi connectivity index (χ2v) is 10.6. The number of halogens is 1. The molecule has 0 unspecified atom stereocenters. The smallest absolute Gasteiger partial charge is 0.281 e. The molecule has 3 aromatic rings. The van der Waals surface area contributed by atoms with E-state index >= 15 is 0 Å². The number of hydrogen-bond acceptors (Lipinski definition) is 8. The maximum absolute atomic E-state index is 13.7. The third kappa shape index (κ3) is 5.92. The number of amides is 1. The molecule has 3 aliphatic rings. The van der Waals surface area contributed by atoms with Crippen molar-refractivity contribution in [2.45, 2.75) is 38.5 Å². The van der Waals surface area contributed by atoms with Crippen molar-refractivity contribution in [3.05, 3.63) is 48.2 Å². The topological polar surface area (TPSA) is 129 Å². The van der Waals surface area contributed by atoms with Crippen LogP contribution in [0.4, 0.5) is 10.3 Å². The first-order valence-corrected chi connectivity index (χ1v) is 13.5. The molecular formula is C28H32FN8O3+. The standard InChI is InChI=1S/C28H31FN8O3/c1-28(26(38)33-20-7-8-20)15-39-25(40-16-28)24-35-22(18-3-5-19(29)6-4-18)23(36-24)21-9-11-32-27(34-21)31-10-2-13-37-14-12-30-17-37/h3-6,9,11-12,17,20,25H,2,7-8,10,13-16H2,1H3,(H2-,31,32,33,34,35,36,38)/p+1. The Labute approximate surface area is 231 Å². The Morgan fingerprint density at radius 3 is 2.70 bits per heavy atom. The van der Waals surface area contributed by atoms with Gasteiger partial charge in [0.05, 0.1) is 42.3 Å². The lowest BCUT2D eigenvalue weighted by Crippen LogP contribution is -2.49. The van der Waals surface area contributed by atoms with E-state index in [2.05, 4.69) is 30.2 Å². The summed E-state index contributed by atoms with van der Waals surface area (Å²) in [6.07, 6.45) is 7.54. The first-order chi connectivity index (χ1) is 19.5. The summed E-state index contributed by atoms with van der Waals surface area (Å²) in [5.41, 5.74) is 1.75.